The number of piperazine rings is 1. The Morgan fingerprint density at radius 1 is 0.895 bits per heavy atom. The molecule has 208 valence electrons. The molecule has 0 radical (unpaired) electrons. The summed E-state index contributed by atoms with van der Waals surface area (Å²) in [5, 5.41) is 5.79. The number of hydrogen-bond acceptors (Lipinski definition) is 3. The average molecular weight is 530 g/mol. The van der Waals surface area contributed by atoms with Gasteiger partial charge in [-0.05, 0) is 42.3 Å². The van der Waals surface area contributed by atoms with E-state index in [1.807, 2.05) is 0 Å². The molecule has 0 atom stereocenters. The first-order valence-corrected chi connectivity index (χ1v) is 13.8. The van der Waals surface area contributed by atoms with Gasteiger partial charge < -0.3 is 20.4 Å². The van der Waals surface area contributed by atoms with Crippen LogP contribution in [-0.4, -0.2) is 72.6 Å². The van der Waals surface area contributed by atoms with Crippen LogP contribution in [0.5, 0.6) is 0 Å². The zero-order valence-corrected chi connectivity index (χ0v) is 22.4. The molecule has 1 fully saturated rings. The lowest BCUT2D eigenvalue weighted by Crippen LogP contribution is -2.52. The van der Waals surface area contributed by atoms with Gasteiger partial charge in [0.15, 0.2) is 0 Å². The molecular weight excluding hydrogens is 488 g/mol. The quantitative estimate of drug-likeness (QED) is 0.328. The van der Waals surface area contributed by atoms with E-state index in [1.54, 1.807) is 34.1 Å². The molecule has 0 spiro atoms. The molecule has 1 heterocycles. The van der Waals surface area contributed by atoms with E-state index in [9.17, 15) is 18.4 Å². The number of halogens is 2. The molecule has 0 aliphatic carbocycles. The fraction of sp³-hybridized carbons (Fsp3) is 0.517. The van der Waals surface area contributed by atoms with Crippen LogP contribution in [-0.2, 0) is 6.54 Å². The molecule has 2 aromatic rings. The van der Waals surface area contributed by atoms with Gasteiger partial charge in [0.2, 0.25) is 0 Å². The van der Waals surface area contributed by atoms with Gasteiger partial charge in [-0.1, -0.05) is 57.2 Å². The number of carbonyl (C=O) groups is 2. The minimum absolute atomic E-state index is 0.115. The van der Waals surface area contributed by atoms with Crippen molar-refractivity contribution in [2.75, 3.05) is 51.1 Å². The van der Waals surface area contributed by atoms with Crippen molar-refractivity contribution in [2.24, 2.45) is 0 Å². The van der Waals surface area contributed by atoms with Crippen molar-refractivity contribution in [3.63, 3.8) is 0 Å². The van der Waals surface area contributed by atoms with Crippen molar-refractivity contribution in [3.8, 4) is 0 Å². The predicted octanol–water partition coefficient (Wildman–Crippen LogP) is 5.69. The summed E-state index contributed by atoms with van der Waals surface area (Å²) in [7, 11) is 0. The zero-order valence-electron chi connectivity index (χ0n) is 22.4. The topological polar surface area (TPSA) is 67.9 Å². The van der Waals surface area contributed by atoms with Gasteiger partial charge in [-0.3, -0.25) is 4.90 Å². The van der Waals surface area contributed by atoms with Gasteiger partial charge in [0.1, 0.15) is 11.6 Å². The van der Waals surface area contributed by atoms with E-state index in [1.165, 1.54) is 49.9 Å². The average Bonchev–Trinajstić information content (AvgIpc) is 2.91. The highest BCUT2D eigenvalue weighted by atomic mass is 19.1. The van der Waals surface area contributed by atoms with Crippen molar-refractivity contribution >= 4 is 17.7 Å². The Labute approximate surface area is 225 Å². The summed E-state index contributed by atoms with van der Waals surface area (Å²) in [5.41, 5.74) is 1.31. The third kappa shape index (κ3) is 10.3. The van der Waals surface area contributed by atoms with Crippen LogP contribution in [0.1, 0.15) is 51.0 Å². The SMILES string of the molecule is CCCCCCCCNC(=O)N(CCN1CCN(C(=O)Nc2cccc(F)c2)CC1)Cc1ccc(F)cc1. The van der Waals surface area contributed by atoms with E-state index in [0.29, 0.717) is 58.0 Å². The first kappa shape index (κ1) is 29.4. The minimum atomic E-state index is -0.395. The van der Waals surface area contributed by atoms with Crippen LogP contribution in [0.3, 0.4) is 0 Å². The molecule has 7 nitrogen and oxygen atoms in total. The van der Waals surface area contributed by atoms with Crippen molar-refractivity contribution < 1.29 is 18.4 Å². The molecule has 3 rings (SSSR count). The number of amides is 4. The summed E-state index contributed by atoms with van der Waals surface area (Å²) in [6, 6.07) is 11.7. The lowest BCUT2D eigenvalue weighted by molar-refractivity contribution is 0.134. The summed E-state index contributed by atoms with van der Waals surface area (Å²) in [4.78, 5) is 31.3. The highest BCUT2D eigenvalue weighted by Crippen LogP contribution is 2.12. The Morgan fingerprint density at radius 2 is 1.61 bits per heavy atom. The number of anilines is 1. The van der Waals surface area contributed by atoms with Gasteiger partial charge in [-0.15, -0.1) is 0 Å². The maximum Gasteiger partial charge on any atom is 0.321 e. The van der Waals surface area contributed by atoms with Gasteiger partial charge >= 0.3 is 12.1 Å². The van der Waals surface area contributed by atoms with E-state index in [2.05, 4.69) is 22.5 Å². The van der Waals surface area contributed by atoms with Gasteiger partial charge in [0.05, 0.1) is 0 Å². The summed E-state index contributed by atoms with van der Waals surface area (Å²) in [5.74, 6) is -0.694. The van der Waals surface area contributed by atoms with Crippen LogP contribution < -0.4 is 10.6 Å². The van der Waals surface area contributed by atoms with Gasteiger partial charge in [-0.2, -0.15) is 0 Å². The molecular formula is C29H41F2N5O2. The molecule has 0 bridgehead atoms. The smallest absolute Gasteiger partial charge is 0.321 e. The van der Waals surface area contributed by atoms with Crippen LogP contribution in [0, 0.1) is 11.6 Å². The van der Waals surface area contributed by atoms with Crippen LogP contribution in [0.2, 0.25) is 0 Å². The van der Waals surface area contributed by atoms with Gasteiger partial charge in [-0.25, -0.2) is 18.4 Å². The van der Waals surface area contributed by atoms with Crippen molar-refractivity contribution in [1.29, 1.82) is 0 Å². The standard InChI is InChI=1S/C29H41F2N5O2/c1-2-3-4-5-6-7-15-32-28(37)36(23-24-11-13-25(30)14-12-24)21-18-34-16-19-35(20-17-34)29(38)33-27-10-8-9-26(31)22-27/h8-14,22H,2-7,15-21,23H2,1H3,(H,32,37)(H,33,38). The van der Waals surface area contributed by atoms with Crippen molar-refractivity contribution in [2.45, 2.75) is 52.0 Å². The van der Waals surface area contributed by atoms with E-state index in [0.717, 1.165) is 18.4 Å². The van der Waals surface area contributed by atoms with Crippen molar-refractivity contribution in [1.82, 2.24) is 20.0 Å². The summed E-state index contributed by atoms with van der Waals surface area (Å²) in [6.07, 6.45) is 6.96. The van der Waals surface area contributed by atoms with Crippen LogP contribution in [0.25, 0.3) is 0 Å². The fourth-order valence-electron chi connectivity index (χ4n) is 4.48. The molecule has 1 aliphatic heterocycles. The maximum absolute atomic E-state index is 13.4. The molecule has 9 heteroatoms. The second-order valence-corrected chi connectivity index (χ2v) is 9.82. The number of carbonyl (C=O) groups excluding carboxylic acids is 2. The number of urea groups is 2. The first-order valence-electron chi connectivity index (χ1n) is 13.8. The Kier molecular flexibility index (Phi) is 12.3. The molecule has 0 unspecified atom stereocenters. The normalized spacial score (nSPS) is 13.8. The predicted molar refractivity (Wildman–Crippen MR) is 147 cm³/mol. The molecule has 0 saturated carbocycles. The fourth-order valence-corrected chi connectivity index (χ4v) is 4.48. The molecule has 0 aromatic heterocycles. The van der Waals surface area contributed by atoms with Gasteiger partial charge in [0, 0.05) is 58.0 Å². The van der Waals surface area contributed by atoms with Crippen molar-refractivity contribution in [3.05, 3.63) is 65.7 Å². The molecule has 1 aliphatic rings. The van der Waals surface area contributed by atoms with Crippen LogP contribution >= 0.6 is 0 Å². The number of rotatable bonds is 13. The number of nitrogens with zero attached hydrogens (tertiary/aromatic N) is 3. The zero-order chi connectivity index (χ0) is 27.2. The molecule has 4 amide bonds. The first-order chi connectivity index (χ1) is 18.4. The molecule has 2 aromatic carbocycles. The highest BCUT2D eigenvalue weighted by Gasteiger charge is 2.22. The van der Waals surface area contributed by atoms with Crippen LogP contribution in [0.15, 0.2) is 48.5 Å². The number of nitrogens with one attached hydrogen (secondary N) is 2. The Morgan fingerprint density at radius 3 is 2.32 bits per heavy atom. The largest absolute Gasteiger partial charge is 0.338 e. The Balaban J connectivity index is 1.45. The summed E-state index contributed by atoms with van der Waals surface area (Å²) >= 11 is 0. The summed E-state index contributed by atoms with van der Waals surface area (Å²) < 4.78 is 26.8. The third-order valence-electron chi connectivity index (χ3n) is 6.80. The van der Waals surface area contributed by atoms with Gasteiger partial charge in [0.25, 0.3) is 0 Å². The Hall–Kier alpha value is -3.20. The minimum Gasteiger partial charge on any atom is -0.338 e. The molecule has 38 heavy (non-hydrogen) atoms. The van der Waals surface area contributed by atoms with E-state index >= 15 is 0 Å². The molecule has 2 N–H and O–H groups in total. The number of unbranched alkanes of at least 4 members (excludes halogenated alkanes) is 5. The monoisotopic (exact) mass is 529 g/mol. The maximum atomic E-state index is 13.4. The van der Waals surface area contributed by atoms with E-state index < -0.39 is 5.82 Å². The third-order valence-corrected chi connectivity index (χ3v) is 6.80. The lowest BCUT2D eigenvalue weighted by Gasteiger charge is -2.35. The van der Waals surface area contributed by atoms with E-state index in [-0.39, 0.29) is 17.9 Å². The Bertz CT molecular complexity index is 997. The highest BCUT2D eigenvalue weighted by molar-refractivity contribution is 5.89. The number of hydrogen-bond donors (Lipinski definition) is 2. The number of benzene rings is 2. The second-order valence-electron chi connectivity index (χ2n) is 9.82. The summed E-state index contributed by atoms with van der Waals surface area (Å²) in [6.45, 7) is 6.89. The lowest BCUT2D eigenvalue weighted by atomic mass is 10.1. The van der Waals surface area contributed by atoms with E-state index in [4.69, 9.17) is 0 Å². The van der Waals surface area contributed by atoms with Crippen LogP contribution in [0.4, 0.5) is 24.1 Å². The second kappa shape index (κ2) is 15.9. The molecule has 1 saturated heterocycles.